The molecule has 2 unspecified atom stereocenters. The average Bonchev–Trinajstić information content (AvgIpc) is 3.10. The summed E-state index contributed by atoms with van der Waals surface area (Å²) < 4.78 is 0. The Labute approximate surface area is 102 Å². The van der Waals surface area contributed by atoms with Crippen molar-refractivity contribution in [1.82, 2.24) is 10.6 Å². The Bertz CT molecular complexity index is 302. The molecule has 5 nitrogen and oxygen atoms in total. The summed E-state index contributed by atoms with van der Waals surface area (Å²) in [6, 6.07) is 0.298. The molecule has 0 aromatic heterocycles. The quantitative estimate of drug-likeness (QED) is 0.640. The maximum absolute atomic E-state index is 11.8. The number of hydrogen-bond donors (Lipinski definition) is 3. The molecule has 2 atom stereocenters. The van der Waals surface area contributed by atoms with Crippen molar-refractivity contribution >= 4 is 11.8 Å². The van der Waals surface area contributed by atoms with E-state index in [-0.39, 0.29) is 30.3 Å². The Balaban J connectivity index is 1.69. The van der Waals surface area contributed by atoms with E-state index in [2.05, 4.69) is 10.6 Å². The maximum atomic E-state index is 11.8. The van der Waals surface area contributed by atoms with E-state index in [1.807, 2.05) is 0 Å². The van der Waals surface area contributed by atoms with Crippen LogP contribution in [0.1, 0.15) is 38.5 Å². The Hall–Kier alpha value is -1.10. The molecule has 4 N–H and O–H groups in total. The predicted molar refractivity (Wildman–Crippen MR) is 64.1 cm³/mol. The van der Waals surface area contributed by atoms with Gasteiger partial charge in [-0.1, -0.05) is 12.8 Å². The van der Waals surface area contributed by atoms with E-state index in [4.69, 9.17) is 5.73 Å². The van der Waals surface area contributed by atoms with E-state index >= 15 is 0 Å². The van der Waals surface area contributed by atoms with Crippen LogP contribution in [0.5, 0.6) is 0 Å². The van der Waals surface area contributed by atoms with Crippen LogP contribution < -0.4 is 16.4 Å². The minimum absolute atomic E-state index is 0.0461. The Morgan fingerprint density at radius 3 is 2.47 bits per heavy atom. The van der Waals surface area contributed by atoms with E-state index < -0.39 is 0 Å². The summed E-state index contributed by atoms with van der Waals surface area (Å²) in [6.45, 7) is 0.0819. The molecule has 2 aliphatic rings. The van der Waals surface area contributed by atoms with Gasteiger partial charge < -0.3 is 16.4 Å². The van der Waals surface area contributed by atoms with Crippen LogP contribution in [-0.2, 0) is 9.59 Å². The molecule has 5 heteroatoms. The topological polar surface area (TPSA) is 84.2 Å². The molecular weight excluding hydrogens is 218 g/mol. The lowest BCUT2D eigenvalue weighted by Crippen LogP contribution is -2.46. The van der Waals surface area contributed by atoms with E-state index in [1.54, 1.807) is 0 Å². The molecule has 17 heavy (non-hydrogen) atoms. The summed E-state index contributed by atoms with van der Waals surface area (Å²) in [6.07, 6.45) is 6.04. The standard InChI is InChI=1S/C12H21N3O2/c13-10-4-2-1-3-9(10)12(17)14-7-11(16)15-8-5-6-8/h8-10H,1-7,13H2,(H,14,17)(H,15,16). The molecule has 2 saturated carbocycles. The largest absolute Gasteiger partial charge is 0.352 e. The first kappa shape index (κ1) is 12.4. The summed E-state index contributed by atoms with van der Waals surface area (Å²) in [5.74, 6) is -0.272. The van der Waals surface area contributed by atoms with E-state index in [1.165, 1.54) is 0 Å². The number of amides is 2. The number of nitrogens with two attached hydrogens (primary N) is 1. The van der Waals surface area contributed by atoms with Crippen molar-refractivity contribution in [2.75, 3.05) is 6.54 Å². The van der Waals surface area contributed by atoms with Gasteiger partial charge in [-0.3, -0.25) is 9.59 Å². The molecule has 2 rings (SSSR count). The van der Waals surface area contributed by atoms with Crippen LogP contribution in [0.15, 0.2) is 0 Å². The molecule has 0 aliphatic heterocycles. The third-order valence-corrected chi connectivity index (χ3v) is 3.52. The van der Waals surface area contributed by atoms with Crippen LogP contribution in [0.2, 0.25) is 0 Å². The minimum Gasteiger partial charge on any atom is -0.352 e. The van der Waals surface area contributed by atoms with Gasteiger partial charge in [0.05, 0.1) is 12.5 Å². The van der Waals surface area contributed by atoms with Crippen LogP contribution in [-0.4, -0.2) is 30.4 Å². The van der Waals surface area contributed by atoms with Gasteiger partial charge in [0.25, 0.3) is 0 Å². The molecule has 96 valence electrons. The zero-order valence-electron chi connectivity index (χ0n) is 10.1. The monoisotopic (exact) mass is 239 g/mol. The van der Waals surface area contributed by atoms with Crippen molar-refractivity contribution in [3.05, 3.63) is 0 Å². The Morgan fingerprint density at radius 1 is 1.12 bits per heavy atom. The van der Waals surface area contributed by atoms with Gasteiger partial charge >= 0.3 is 0 Å². The van der Waals surface area contributed by atoms with Crippen molar-refractivity contribution in [1.29, 1.82) is 0 Å². The number of carbonyl (C=O) groups is 2. The molecule has 0 heterocycles. The van der Waals surface area contributed by atoms with E-state index in [0.29, 0.717) is 6.04 Å². The second-order valence-electron chi connectivity index (χ2n) is 5.11. The lowest BCUT2D eigenvalue weighted by Gasteiger charge is -2.27. The van der Waals surface area contributed by atoms with Gasteiger partial charge in [0, 0.05) is 12.1 Å². The highest BCUT2D eigenvalue weighted by molar-refractivity contribution is 5.86. The Morgan fingerprint density at radius 2 is 1.82 bits per heavy atom. The first-order valence-electron chi connectivity index (χ1n) is 6.49. The molecule has 2 aliphatic carbocycles. The van der Waals surface area contributed by atoms with Crippen molar-refractivity contribution in [2.24, 2.45) is 11.7 Å². The molecule has 0 aromatic carbocycles. The SMILES string of the molecule is NC1CCCCC1C(=O)NCC(=O)NC1CC1. The third-order valence-electron chi connectivity index (χ3n) is 3.52. The normalized spacial score (nSPS) is 28.5. The number of rotatable bonds is 4. The molecular formula is C12H21N3O2. The van der Waals surface area contributed by atoms with Crippen molar-refractivity contribution in [2.45, 2.75) is 50.6 Å². The maximum Gasteiger partial charge on any atom is 0.239 e. The first-order valence-corrected chi connectivity index (χ1v) is 6.49. The smallest absolute Gasteiger partial charge is 0.239 e. The summed E-state index contributed by atoms with van der Waals surface area (Å²) in [7, 11) is 0. The number of hydrogen-bond acceptors (Lipinski definition) is 3. The van der Waals surface area contributed by atoms with Crippen molar-refractivity contribution in [3.8, 4) is 0 Å². The van der Waals surface area contributed by atoms with Crippen molar-refractivity contribution in [3.63, 3.8) is 0 Å². The van der Waals surface area contributed by atoms with Crippen molar-refractivity contribution < 1.29 is 9.59 Å². The fourth-order valence-electron chi connectivity index (χ4n) is 2.29. The highest BCUT2D eigenvalue weighted by Gasteiger charge is 2.29. The lowest BCUT2D eigenvalue weighted by molar-refractivity contribution is -0.129. The van der Waals surface area contributed by atoms with Gasteiger partial charge in [0.15, 0.2) is 0 Å². The van der Waals surface area contributed by atoms with Gasteiger partial charge in [0.2, 0.25) is 11.8 Å². The van der Waals surface area contributed by atoms with Gasteiger partial charge in [-0.15, -0.1) is 0 Å². The van der Waals surface area contributed by atoms with Crippen LogP contribution in [0.3, 0.4) is 0 Å². The molecule has 0 aromatic rings. The molecule has 2 amide bonds. The van der Waals surface area contributed by atoms with Gasteiger partial charge in [-0.2, -0.15) is 0 Å². The zero-order valence-corrected chi connectivity index (χ0v) is 10.1. The first-order chi connectivity index (χ1) is 8.16. The Kier molecular flexibility index (Phi) is 3.99. The number of carbonyl (C=O) groups excluding carboxylic acids is 2. The molecule has 0 saturated heterocycles. The van der Waals surface area contributed by atoms with Crippen LogP contribution in [0.4, 0.5) is 0 Å². The van der Waals surface area contributed by atoms with Crippen LogP contribution >= 0.6 is 0 Å². The molecule has 2 fully saturated rings. The highest BCUT2D eigenvalue weighted by Crippen LogP contribution is 2.23. The minimum atomic E-state index is -0.113. The van der Waals surface area contributed by atoms with E-state index in [9.17, 15) is 9.59 Å². The van der Waals surface area contributed by atoms with Gasteiger partial charge in [0.1, 0.15) is 0 Å². The fraction of sp³-hybridized carbons (Fsp3) is 0.833. The lowest BCUT2D eigenvalue weighted by atomic mass is 9.84. The van der Waals surface area contributed by atoms with Crippen LogP contribution in [0, 0.1) is 5.92 Å². The zero-order chi connectivity index (χ0) is 12.3. The summed E-state index contributed by atoms with van der Waals surface area (Å²) in [4.78, 5) is 23.2. The van der Waals surface area contributed by atoms with Gasteiger partial charge in [-0.25, -0.2) is 0 Å². The summed E-state index contributed by atoms with van der Waals surface area (Å²) in [5.41, 5.74) is 5.92. The molecule has 0 radical (unpaired) electrons. The second kappa shape index (κ2) is 5.49. The molecule has 0 bridgehead atoms. The summed E-state index contributed by atoms with van der Waals surface area (Å²) in [5, 5.41) is 5.52. The van der Waals surface area contributed by atoms with E-state index in [0.717, 1.165) is 38.5 Å². The fourth-order valence-corrected chi connectivity index (χ4v) is 2.29. The highest BCUT2D eigenvalue weighted by atomic mass is 16.2. The predicted octanol–water partition coefficient (Wildman–Crippen LogP) is -0.101. The second-order valence-corrected chi connectivity index (χ2v) is 5.11. The summed E-state index contributed by atoms with van der Waals surface area (Å²) >= 11 is 0. The van der Waals surface area contributed by atoms with Gasteiger partial charge in [-0.05, 0) is 25.7 Å². The number of nitrogens with one attached hydrogen (secondary N) is 2. The molecule has 0 spiro atoms. The third kappa shape index (κ3) is 3.70. The average molecular weight is 239 g/mol. The van der Waals surface area contributed by atoms with Crippen LogP contribution in [0.25, 0.3) is 0 Å².